The van der Waals surface area contributed by atoms with Crippen molar-refractivity contribution in [2.45, 2.75) is 6.92 Å². The first-order chi connectivity index (χ1) is 8.72. The molecular weight excluding hydrogens is 234 g/mol. The number of benzene rings is 1. The summed E-state index contributed by atoms with van der Waals surface area (Å²) in [6.07, 6.45) is 0. The minimum absolute atomic E-state index is 0.223. The van der Waals surface area contributed by atoms with Crippen LogP contribution in [0.3, 0.4) is 0 Å². The van der Waals surface area contributed by atoms with E-state index >= 15 is 0 Å². The highest BCUT2D eigenvalue weighted by molar-refractivity contribution is 6.03. The summed E-state index contributed by atoms with van der Waals surface area (Å²) in [5.41, 5.74) is 3.97. The molecular formula is C11H9N5O2. The monoisotopic (exact) mass is 243 g/mol. The van der Waals surface area contributed by atoms with E-state index in [2.05, 4.69) is 15.5 Å². The van der Waals surface area contributed by atoms with E-state index in [1.54, 1.807) is 11.5 Å². The number of amides is 1. The van der Waals surface area contributed by atoms with Gasteiger partial charge in [0.1, 0.15) is 0 Å². The van der Waals surface area contributed by atoms with Gasteiger partial charge in [0.05, 0.1) is 11.1 Å². The zero-order chi connectivity index (χ0) is 12.7. The Morgan fingerprint density at radius 2 is 2.28 bits per heavy atom. The maximum absolute atomic E-state index is 11.6. The Labute approximate surface area is 101 Å². The first kappa shape index (κ1) is 10.6. The van der Waals surface area contributed by atoms with Crippen LogP contribution in [0.25, 0.3) is 16.6 Å². The molecule has 0 bridgehead atoms. The minimum Gasteiger partial charge on any atom is -0.288 e. The van der Waals surface area contributed by atoms with Crippen LogP contribution >= 0.6 is 0 Å². The Morgan fingerprint density at radius 3 is 3.06 bits per heavy atom. The topological polar surface area (TPSA) is 92.4 Å². The van der Waals surface area contributed by atoms with Crippen LogP contribution in [-0.4, -0.2) is 31.2 Å². The van der Waals surface area contributed by atoms with E-state index in [9.17, 15) is 4.79 Å². The maximum atomic E-state index is 11.6. The van der Waals surface area contributed by atoms with E-state index in [-0.39, 0.29) is 5.56 Å². The quantitative estimate of drug-likeness (QED) is 0.485. The summed E-state index contributed by atoms with van der Waals surface area (Å²) in [6, 6.07) is 7.33. The summed E-state index contributed by atoms with van der Waals surface area (Å²) in [5, 5.41) is 20.8. The van der Waals surface area contributed by atoms with Gasteiger partial charge in [-0.3, -0.25) is 10.0 Å². The van der Waals surface area contributed by atoms with Gasteiger partial charge in [0, 0.05) is 5.39 Å². The highest BCUT2D eigenvalue weighted by atomic mass is 16.5. The van der Waals surface area contributed by atoms with Crippen LogP contribution in [0.4, 0.5) is 0 Å². The summed E-state index contributed by atoms with van der Waals surface area (Å²) >= 11 is 0. The fourth-order valence-electron chi connectivity index (χ4n) is 2.04. The number of rotatable bonds is 1. The summed E-state index contributed by atoms with van der Waals surface area (Å²) in [5.74, 6) is -0.641. The third-order valence-corrected chi connectivity index (χ3v) is 2.84. The Morgan fingerprint density at radius 1 is 1.44 bits per heavy atom. The second-order valence-electron chi connectivity index (χ2n) is 3.93. The van der Waals surface area contributed by atoms with Crippen molar-refractivity contribution in [3.63, 3.8) is 0 Å². The average molecular weight is 243 g/mol. The van der Waals surface area contributed by atoms with Crippen molar-refractivity contribution in [1.29, 1.82) is 0 Å². The molecule has 0 fully saturated rings. The molecule has 0 aliphatic rings. The molecule has 0 unspecified atom stereocenters. The smallest absolute Gasteiger partial charge is 0.278 e. The molecule has 0 saturated carbocycles. The molecule has 0 radical (unpaired) electrons. The Balaban J connectivity index is 2.51. The number of hydrogen-bond donors (Lipinski definition) is 2. The highest BCUT2D eigenvalue weighted by Crippen LogP contribution is 2.21. The number of aryl methyl sites for hydroxylation is 1. The molecule has 90 valence electrons. The summed E-state index contributed by atoms with van der Waals surface area (Å²) in [4.78, 5) is 11.6. The van der Waals surface area contributed by atoms with Crippen molar-refractivity contribution >= 4 is 22.5 Å². The first-order valence-electron chi connectivity index (χ1n) is 5.27. The van der Waals surface area contributed by atoms with E-state index in [1.807, 2.05) is 25.1 Å². The van der Waals surface area contributed by atoms with Crippen LogP contribution in [0.2, 0.25) is 0 Å². The summed E-state index contributed by atoms with van der Waals surface area (Å²) in [6.45, 7) is 1.94. The number of hydrogen-bond acceptors (Lipinski definition) is 5. The van der Waals surface area contributed by atoms with Gasteiger partial charge in [0.25, 0.3) is 5.91 Å². The number of hydroxylamine groups is 1. The fraction of sp³-hybridized carbons (Fsp3) is 0.0909. The lowest BCUT2D eigenvalue weighted by atomic mass is 10.1. The second-order valence-corrected chi connectivity index (χ2v) is 3.93. The van der Waals surface area contributed by atoms with E-state index in [4.69, 9.17) is 5.21 Å². The lowest BCUT2D eigenvalue weighted by Gasteiger charge is -2.06. The van der Waals surface area contributed by atoms with Crippen LogP contribution in [0.5, 0.6) is 0 Å². The molecule has 3 rings (SSSR count). The molecule has 18 heavy (non-hydrogen) atoms. The van der Waals surface area contributed by atoms with Crippen molar-refractivity contribution in [2.75, 3.05) is 0 Å². The minimum atomic E-state index is -0.641. The summed E-state index contributed by atoms with van der Waals surface area (Å²) < 4.78 is 1.50. The SMILES string of the molecule is Cc1cccc2cc(C(=O)NO)c3nnnn3c12. The molecule has 3 aromatic rings. The molecule has 0 saturated heterocycles. The maximum Gasteiger partial charge on any atom is 0.278 e. The predicted molar refractivity (Wildman–Crippen MR) is 62.3 cm³/mol. The van der Waals surface area contributed by atoms with Gasteiger partial charge in [-0.25, -0.2) is 5.48 Å². The number of tetrazole rings is 1. The predicted octanol–water partition coefficient (Wildman–Crippen LogP) is 0.705. The fourth-order valence-corrected chi connectivity index (χ4v) is 2.04. The van der Waals surface area contributed by atoms with Crippen molar-refractivity contribution < 1.29 is 10.0 Å². The van der Waals surface area contributed by atoms with Crippen molar-refractivity contribution in [3.05, 3.63) is 35.4 Å². The number of carbonyl (C=O) groups excluding carboxylic acids is 1. The van der Waals surface area contributed by atoms with Gasteiger partial charge >= 0.3 is 0 Å². The van der Waals surface area contributed by atoms with Gasteiger partial charge in [-0.15, -0.1) is 5.10 Å². The largest absolute Gasteiger partial charge is 0.288 e. The number of para-hydroxylation sites is 1. The molecule has 0 spiro atoms. The number of aromatic nitrogens is 4. The Hall–Kier alpha value is -2.54. The first-order valence-corrected chi connectivity index (χ1v) is 5.27. The van der Waals surface area contributed by atoms with Gasteiger partial charge < -0.3 is 0 Å². The lowest BCUT2D eigenvalue weighted by molar-refractivity contribution is 0.0707. The van der Waals surface area contributed by atoms with Crippen molar-refractivity contribution in [1.82, 2.24) is 25.5 Å². The van der Waals surface area contributed by atoms with Gasteiger partial charge in [-0.1, -0.05) is 18.2 Å². The number of pyridine rings is 1. The van der Waals surface area contributed by atoms with Crippen LogP contribution in [0, 0.1) is 6.92 Å². The number of nitrogens with zero attached hydrogens (tertiary/aromatic N) is 4. The van der Waals surface area contributed by atoms with E-state index in [1.165, 1.54) is 4.52 Å². The lowest BCUT2D eigenvalue weighted by Crippen LogP contribution is -2.20. The third-order valence-electron chi connectivity index (χ3n) is 2.84. The van der Waals surface area contributed by atoms with Crippen LogP contribution < -0.4 is 5.48 Å². The van der Waals surface area contributed by atoms with Gasteiger partial charge in [0.15, 0.2) is 5.65 Å². The second kappa shape index (κ2) is 3.74. The van der Waals surface area contributed by atoms with E-state index in [0.717, 1.165) is 16.5 Å². The molecule has 0 atom stereocenters. The number of carbonyl (C=O) groups is 1. The zero-order valence-electron chi connectivity index (χ0n) is 9.45. The molecule has 7 heteroatoms. The summed E-state index contributed by atoms with van der Waals surface area (Å²) in [7, 11) is 0. The Bertz CT molecular complexity index is 765. The van der Waals surface area contributed by atoms with Gasteiger partial charge in [-0.2, -0.15) is 4.52 Å². The molecule has 1 aromatic carbocycles. The average Bonchev–Trinajstić information content (AvgIpc) is 2.86. The van der Waals surface area contributed by atoms with Crippen molar-refractivity contribution in [2.24, 2.45) is 0 Å². The Kier molecular flexibility index (Phi) is 2.20. The van der Waals surface area contributed by atoms with Gasteiger partial charge in [-0.05, 0) is 29.0 Å². The molecule has 0 aliphatic carbocycles. The molecule has 2 aromatic heterocycles. The number of fused-ring (bicyclic) bond motifs is 3. The van der Waals surface area contributed by atoms with Crippen LogP contribution in [0.15, 0.2) is 24.3 Å². The normalized spacial score (nSPS) is 11.0. The molecule has 2 heterocycles. The molecule has 2 N–H and O–H groups in total. The third kappa shape index (κ3) is 1.34. The van der Waals surface area contributed by atoms with Crippen LogP contribution in [-0.2, 0) is 0 Å². The van der Waals surface area contributed by atoms with E-state index in [0.29, 0.717) is 5.65 Å². The zero-order valence-corrected chi connectivity index (χ0v) is 9.45. The van der Waals surface area contributed by atoms with Crippen LogP contribution in [0.1, 0.15) is 15.9 Å². The number of nitrogens with one attached hydrogen (secondary N) is 1. The molecule has 1 amide bonds. The molecule has 7 nitrogen and oxygen atoms in total. The van der Waals surface area contributed by atoms with Gasteiger partial charge in [0.2, 0.25) is 0 Å². The van der Waals surface area contributed by atoms with Crippen molar-refractivity contribution in [3.8, 4) is 0 Å². The standard InChI is InChI=1S/C11H9N5O2/c1-6-3-2-4-7-5-8(11(17)13-18)10-12-14-15-16(10)9(6)7/h2-5,18H,1H3,(H,13,17). The van der Waals surface area contributed by atoms with E-state index < -0.39 is 5.91 Å². The molecule has 0 aliphatic heterocycles. The highest BCUT2D eigenvalue weighted by Gasteiger charge is 2.16.